The van der Waals surface area contributed by atoms with E-state index in [1.165, 1.54) is 18.2 Å². The van der Waals surface area contributed by atoms with Gasteiger partial charge in [0.05, 0.1) is 15.9 Å². The zero-order chi connectivity index (χ0) is 32.9. The van der Waals surface area contributed by atoms with Gasteiger partial charge in [-0.05, 0) is 72.6 Å². The van der Waals surface area contributed by atoms with E-state index in [9.17, 15) is 26.0 Å². The van der Waals surface area contributed by atoms with Gasteiger partial charge in [0.25, 0.3) is 0 Å². The van der Waals surface area contributed by atoms with Crippen LogP contribution in [-0.2, 0) is 28.4 Å². The SMILES string of the molecule is Cc1ccc(Nc2nccc(NCc3ccc4c(c3)nc(Nc3ccc(F)cc3)n4C)n2)cc1S(N)(=O)=O.O=C(O)C(F)(F)F. The first-order chi connectivity index (χ1) is 21.1. The maximum absolute atomic E-state index is 13.2. The molecule has 17 heteroatoms. The quantitative estimate of drug-likeness (QED) is 0.141. The van der Waals surface area contributed by atoms with Crippen molar-refractivity contribution in [2.75, 3.05) is 16.0 Å². The Morgan fingerprint density at radius 3 is 2.29 bits per heavy atom. The highest BCUT2D eigenvalue weighted by molar-refractivity contribution is 7.89. The number of benzene rings is 3. The highest BCUT2D eigenvalue weighted by Crippen LogP contribution is 2.24. The molecule has 2 heterocycles. The van der Waals surface area contributed by atoms with Gasteiger partial charge in [0.2, 0.25) is 21.9 Å². The molecule has 0 fully saturated rings. The van der Waals surface area contributed by atoms with E-state index in [1.807, 2.05) is 29.8 Å². The van der Waals surface area contributed by atoms with E-state index in [-0.39, 0.29) is 10.7 Å². The third kappa shape index (κ3) is 8.64. The number of carbonyl (C=O) groups is 1. The molecule has 6 N–H and O–H groups in total. The van der Waals surface area contributed by atoms with Crippen LogP contribution in [0, 0.1) is 12.7 Å². The lowest BCUT2D eigenvalue weighted by molar-refractivity contribution is -0.192. The molecule has 12 nitrogen and oxygen atoms in total. The lowest BCUT2D eigenvalue weighted by Gasteiger charge is -2.10. The summed E-state index contributed by atoms with van der Waals surface area (Å²) in [5.41, 5.74) is 4.55. The number of nitrogens with one attached hydrogen (secondary N) is 3. The number of aryl methyl sites for hydroxylation is 2. The Morgan fingerprint density at radius 1 is 0.978 bits per heavy atom. The Labute approximate surface area is 254 Å². The summed E-state index contributed by atoms with van der Waals surface area (Å²) >= 11 is 0. The molecule has 45 heavy (non-hydrogen) atoms. The molecular formula is C28H26F4N8O4S. The molecule has 0 saturated carbocycles. The molecular weight excluding hydrogens is 620 g/mol. The Hall–Kier alpha value is -5.29. The molecule has 0 saturated heterocycles. The van der Waals surface area contributed by atoms with Crippen molar-refractivity contribution in [1.29, 1.82) is 0 Å². The summed E-state index contributed by atoms with van der Waals surface area (Å²) in [6, 6.07) is 18.7. The Balaban J connectivity index is 0.000000591. The van der Waals surface area contributed by atoms with Crippen LogP contribution in [0.5, 0.6) is 0 Å². The maximum atomic E-state index is 13.2. The van der Waals surface area contributed by atoms with Gasteiger partial charge in [0.1, 0.15) is 11.6 Å². The van der Waals surface area contributed by atoms with Gasteiger partial charge in [0, 0.05) is 31.2 Å². The van der Waals surface area contributed by atoms with E-state index in [1.54, 1.807) is 43.5 Å². The zero-order valence-corrected chi connectivity index (χ0v) is 24.4. The van der Waals surface area contributed by atoms with Gasteiger partial charge in [-0.15, -0.1) is 0 Å². The molecule has 5 aromatic rings. The average molecular weight is 647 g/mol. The molecule has 236 valence electrons. The Kier molecular flexibility index (Phi) is 9.53. The number of aromatic nitrogens is 4. The van der Waals surface area contributed by atoms with Crippen molar-refractivity contribution < 1.29 is 35.9 Å². The fourth-order valence-electron chi connectivity index (χ4n) is 3.95. The number of nitrogens with zero attached hydrogens (tertiary/aromatic N) is 4. The second kappa shape index (κ2) is 13.1. The molecule has 0 bridgehead atoms. The van der Waals surface area contributed by atoms with Gasteiger partial charge in [-0.25, -0.2) is 32.7 Å². The summed E-state index contributed by atoms with van der Waals surface area (Å²) in [7, 11) is -1.94. The topological polar surface area (TPSA) is 177 Å². The van der Waals surface area contributed by atoms with Gasteiger partial charge in [0.15, 0.2) is 0 Å². The summed E-state index contributed by atoms with van der Waals surface area (Å²) in [4.78, 5) is 22.3. The normalized spacial score (nSPS) is 11.4. The lowest BCUT2D eigenvalue weighted by Crippen LogP contribution is -2.21. The van der Waals surface area contributed by atoms with Crippen molar-refractivity contribution in [3.05, 3.63) is 89.9 Å². The molecule has 0 aliphatic rings. The minimum Gasteiger partial charge on any atom is -0.475 e. The number of sulfonamides is 1. The number of hydrogen-bond donors (Lipinski definition) is 5. The minimum absolute atomic E-state index is 0.0396. The largest absolute Gasteiger partial charge is 0.490 e. The number of aliphatic carboxylic acids is 1. The van der Waals surface area contributed by atoms with Gasteiger partial charge >= 0.3 is 12.1 Å². The van der Waals surface area contributed by atoms with Gasteiger partial charge < -0.3 is 25.6 Å². The van der Waals surface area contributed by atoms with Crippen LogP contribution in [0.4, 0.5) is 46.7 Å². The molecule has 2 aromatic heterocycles. The number of rotatable bonds is 8. The summed E-state index contributed by atoms with van der Waals surface area (Å²) in [6.45, 7) is 2.17. The van der Waals surface area contributed by atoms with E-state index in [4.69, 9.17) is 15.0 Å². The van der Waals surface area contributed by atoms with Crippen molar-refractivity contribution in [3.63, 3.8) is 0 Å². The third-order valence-corrected chi connectivity index (χ3v) is 7.22. The van der Waals surface area contributed by atoms with Crippen molar-refractivity contribution in [3.8, 4) is 0 Å². The first-order valence-electron chi connectivity index (χ1n) is 12.9. The third-order valence-electron chi connectivity index (χ3n) is 6.17. The minimum atomic E-state index is -5.08. The van der Waals surface area contributed by atoms with Crippen LogP contribution in [0.25, 0.3) is 11.0 Å². The van der Waals surface area contributed by atoms with Crippen molar-refractivity contribution in [1.82, 2.24) is 19.5 Å². The summed E-state index contributed by atoms with van der Waals surface area (Å²) in [5, 5.41) is 21.9. The van der Waals surface area contributed by atoms with Gasteiger partial charge in [-0.2, -0.15) is 18.2 Å². The molecule has 0 unspecified atom stereocenters. The van der Waals surface area contributed by atoms with Crippen LogP contribution in [0.2, 0.25) is 0 Å². The predicted octanol–water partition coefficient (Wildman–Crippen LogP) is 5.19. The molecule has 5 rings (SSSR count). The van der Waals surface area contributed by atoms with Gasteiger partial charge in [-0.1, -0.05) is 12.1 Å². The Morgan fingerprint density at radius 2 is 1.64 bits per heavy atom. The fraction of sp³-hybridized carbons (Fsp3) is 0.143. The number of anilines is 5. The summed E-state index contributed by atoms with van der Waals surface area (Å²) in [5.74, 6) is -1.52. The molecule has 0 aliphatic carbocycles. The van der Waals surface area contributed by atoms with Crippen molar-refractivity contribution in [2.24, 2.45) is 12.2 Å². The van der Waals surface area contributed by atoms with E-state index >= 15 is 0 Å². The molecule has 0 aliphatic heterocycles. The number of alkyl halides is 3. The average Bonchev–Trinajstić information content (AvgIpc) is 3.27. The monoisotopic (exact) mass is 646 g/mol. The lowest BCUT2D eigenvalue weighted by atomic mass is 10.2. The van der Waals surface area contributed by atoms with Gasteiger partial charge in [-0.3, -0.25) is 0 Å². The van der Waals surface area contributed by atoms with E-state index < -0.39 is 22.2 Å². The highest BCUT2D eigenvalue weighted by atomic mass is 32.2. The maximum Gasteiger partial charge on any atom is 0.490 e. The summed E-state index contributed by atoms with van der Waals surface area (Å²) < 4.78 is 70.5. The van der Waals surface area contributed by atoms with E-state index in [2.05, 4.69) is 30.9 Å². The second-order valence-corrected chi connectivity index (χ2v) is 11.1. The number of imidazole rings is 1. The second-order valence-electron chi connectivity index (χ2n) is 9.52. The fourth-order valence-corrected chi connectivity index (χ4v) is 4.76. The first-order valence-corrected chi connectivity index (χ1v) is 14.4. The number of nitrogens with two attached hydrogens (primary N) is 1. The van der Waals surface area contributed by atoms with Crippen LogP contribution >= 0.6 is 0 Å². The molecule has 0 amide bonds. The van der Waals surface area contributed by atoms with Crippen LogP contribution in [0.3, 0.4) is 0 Å². The Bertz CT molecular complexity index is 1950. The van der Waals surface area contributed by atoms with E-state index in [0.29, 0.717) is 35.5 Å². The highest BCUT2D eigenvalue weighted by Gasteiger charge is 2.38. The number of primary sulfonamides is 1. The number of fused-ring (bicyclic) bond motifs is 1. The standard InChI is InChI=1S/C26H25FN8O2S.C2HF3O2/c1-16-3-7-20(14-23(16)38(28,36)37)31-25-29-12-11-24(34-25)30-15-17-4-10-22-21(13-17)33-26(35(22)2)32-19-8-5-18(27)6-9-19;3-2(4,5)1(6)7/h3-14H,15H2,1-2H3,(H,32,33)(H2,28,36,37)(H2,29,30,31,34);(H,6,7). The molecule has 0 atom stereocenters. The first kappa shape index (κ1) is 32.6. The molecule has 3 aromatic carbocycles. The number of halogens is 4. The van der Waals surface area contributed by atoms with Crippen LogP contribution in [-0.4, -0.2) is 45.2 Å². The summed E-state index contributed by atoms with van der Waals surface area (Å²) in [6.07, 6.45) is -3.48. The van der Waals surface area contributed by atoms with Crippen molar-refractivity contribution >= 4 is 56.1 Å². The van der Waals surface area contributed by atoms with Crippen molar-refractivity contribution in [2.45, 2.75) is 24.5 Å². The van der Waals surface area contributed by atoms with Crippen LogP contribution in [0.15, 0.2) is 77.8 Å². The smallest absolute Gasteiger partial charge is 0.475 e. The van der Waals surface area contributed by atoms with Crippen LogP contribution in [0.1, 0.15) is 11.1 Å². The number of carboxylic acid groups (broad SMARTS) is 1. The molecule has 0 radical (unpaired) electrons. The number of carboxylic acids is 1. The zero-order valence-electron chi connectivity index (χ0n) is 23.6. The molecule has 0 spiro atoms. The number of hydrogen-bond acceptors (Lipinski definition) is 9. The predicted molar refractivity (Wildman–Crippen MR) is 159 cm³/mol. The van der Waals surface area contributed by atoms with Crippen LogP contribution < -0.4 is 21.1 Å². The van der Waals surface area contributed by atoms with E-state index in [0.717, 1.165) is 22.3 Å².